The monoisotopic (exact) mass is 209 g/mol. The Hall–Kier alpha value is -0.690. The van der Waals surface area contributed by atoms with Crippen molar-refractivity contribution in [2.24, 2.45) is 0 Å². The first kappa shape index (κ1) is 9.85. The molecule has 0 radical (unpaired) electrons. The number of rotatable bonds is 0. The normalized spacial score (nSPS) is 21.4. The van der Waals surface area contributed by atoms with Gasteiger partial charge in [-0.05, 0) is 30.9 Å². The van der Waals surface area contributed by atoms with Gasteiger partial charge in [0.1, 0.15) is 0 Å². The quantitative estimate of drug-likeness (QED) is 0.691. The maximum atomic E-state index is 3.71. The highest BCUT2D eigenvalue weighted by molar-refractivity contribution is 5.85. The fraction of sp³-hybridized carbons (Fsp3) is 0.500. The molecule has 2 heteroatoms. The van der Waals surface area contributed by atoms with Crippen LogP contribution in [-0.4, -0.2) is 5.54 Å². The van der Waals surface area contributed by atoms with Crippen LogP contribution in [0.1, 0.15) is 31.2 Å². The van der Waals surface area contributed by atoms with Crippen molar-refractivity contribution in [1.82, 2.24) is 0 Å². The van der Waals surface area contributed by atoms with E-state index >= 15 is 0 Å². The van der Waals surface area contributed by atoms with Crippen molar-refractivity contribution in [3.05, 3.63) is 29.8 Å². The summed E-state index contributed by atoms with van der Waals surface area (Å²) in [5, 5.41) is 3.71. The highest BCUT2D eigenvalue weighted by atomic mass is 35.5. The Bertz CT molecular complexity index is 302. The SMILES string of the molecule is Cl.c1ccc2c(c1)CC1(CCCC1)N2. The van der Waals surface area contributed by atoms with Gasteiger partial charge in [-0.25, -0.2) is 0 Å². The Morgan fingerprint density at radius 1 is 1.07 bits per heavy atom. The molecule has 0 aromatic heterocycles. The Morgan fingerprint density at radius 3 is 2.50 bits per heavy atom. The predicted molar refractivity (Wildman–Crippen MR) is 62.2 cm³/mol. The molecular weight excluding hydrogens is 194 g/mol. The number of halogens is 1. The number of fused-ring (bicyclic) bond motifs is 1. The summed E-state index contributed by atoms with van der Waals surface area (Å²) in [6, 6.07) is 8.74. The number of para-hydroxylation sites is 1. The highest BCUT2D eigenvalue weighted by Crippen LogP contribution is 2.42. The summed E-state index contributed by atoms with van der Waals surface area (Å²) in [7, 11) is 0. The topological polar surface area (TPSA) is 12.0 Å². The molecule has 1 spiro atoms. The summed E-state index contributed by atoms with van der Waals surface area (Å²) in [6.07, 6.45) is 6.79. The van der Waals surface area contributed by atoms with Crippen LogP contribution >= 0.6 is 12.4 Å². The average Bonchev–Trinajstić information content (AvgIpc) is 2.72. The molecule has 1 saturated carbocycles. The fourth-order valence-electron chi connectivity index (χ4n) is 2.84. The summed E-state index contributed by atoms with van der Waals surface area (Å²) >= 11 is 0. The summed E-state index contributed by atoms with van der Waals surface area (Å²) in [5.41, 5.74) is 3.35. The van der Waals surface area contributed by atoms with Gasteiger partial charge in [-0.2, -0.15) is 0 Å². The predicted octanol–water partition coefficient (Wildman–Crippen LogP) is 3.39. The summed E-state index contributed by atoms with van der Waals surface area (Å²) in [6.45, 7) is 0. The lowest BCUT2D eigenvalue weighted by molar-refractivity contribution is 0.501. The largest absolute Gasteiger partial charge is 0.379 e. The van der Waals surface area contributed by atoms with Crippen LogP contribution in [0.2, 0.25) is 0 Å². The third kappa shape index (κ3) is 1.40. The molecule has 1 N–H and O–H groups in total. The molecule has 1 aromatic carbocycles. The van der Waals surface area contributed by atoms with Crippen LogP contribution in [0.15, 0.2) is 24.3 Å². The first-order chi connectivity index (χ1) is 6.38. The number of anilines is 1. The van der Waals surface area contributed by atoms with Crippen LogP contribution in [0, 0.1) is 0 Å². The van der Waals surface area contributed by atoms with Gasteiger partial charge in [-0.1, -0.05) is 31.0 Å². The molecule has 1 aromatic rings. The van der Waals surface area contributed by atoms with E-state index in [0.29, 0.717) is 5.54 Å². The molecule has 0 atom stereocenters. The minimum atomic E-state index is 0. The molecule has 0 saturated heterocycles. The van der Waals surface area contributed by atoms with Crippen molar-refractivity contribution in [1.29, 1.82) is 0 Å². The molecule has 76 valence electrons. The maximum Gasteiger partial charge on any atom is 0.0414 e. The van der Waals surface area contributed by atoms with Gasteiger partial charge in [0, 0.05) is 11.2 Å². The standard InChI is InChI=1S/C12H15N.ClH/c1-2-6-11-10(5-1)9-12(13-11)7-3-4-8-12;/h1-2,5-6,13H,3-4,7-9H2;1H. The van der Waals surface area contributed by atoms with Gasteiger partial charge in [0.05, 0.1) is 0 Å². The Balaban J connectivity index is 0.000000750. The zero-order valence-electron chi connectivity index (χ0n) is 8.25. The van der Waals surface area contributed by atoms with Crippen LogP contribution in [0.3, 0.4) is 0 Å². The molecule has 0 unspecified atom stereocenters. The molecule has 2 aliphatic rings. The van der Waals surface area contributed by atoms with Gasteiger partial charge in [-0.15, -0.1) is 12.4 Å². The van der Waals surface area contributed by atoms with E-state index in [4.69, 9.17) is 0 Å². The summed E-state index contributed by atoms with van der Waals surface area (Å²) < 4.78 is 0. The van der Waals surface area contributed by atoms with Crippen molar-refractivity contribution in [3.8, 4) is 0 Å². The maximum absolute atomic E-state index is 3.71. The van der Waals surface area contributed by atoms with Crippen LogP contribution in [-0.2, 0) is 6.42 Å². The van der Waals surface area contributed by atoms with Gasteiger partial charge in [0.25, 0.3) is 0 Å². The average molecular weight is 210 g/mol. The number of hydrogen-bond acceptors (Lipinski definition) is 1. The van der Waals surface area contributed by atoms with E-state index in [0.717, 1.165) is 0 Å². The third-order valence-electron chi connectivity index (χ3n) is 3.51. The van der Waals surface area contributed by atoms with Crippen molar-refractivity contribution >= 4 is 18.1 Å². The van der Waals surface area contributed by atoms with E-state index < -0.39 is 0 Å². The third-order valence-corrected chi connectivity index (χ3v) is 3.51. The molecule has 1 aliphatic carbocycles. The van der Waals surface area contributed by atoms with Gasteiger partial charge in [0.15, 0.2) is 0 Å². The minimum Gasteiger partial charge on any atom is -0.379 e. The number of hydrogen-bond donors (Lipinski definition) is 1. The van der Waals surface area contributed by atoms with Crippen molar-refractivity contribution in [3.63, 3.8) is 0 Å². The second-order valence-corrected chi connectivity index (χ2v) is 4.45. The van der Waals surface area contributed by atoms with Crippen molar-refractivity contribution in [2.75, 3.05) is 5.32 Å². The fourth-order valence-corrected chi connectivity index (χ4v) is 2.84. The van der Waals surface area contributed by atoms with Gasteiger partial charge in [0.2, 0.25) is 0 Å². The summed E-state index contributed by atoms with van der Waals surface area (Å²) in [4.78, 5) is 0. The molecule has 0 amide bonds. The van der Waals surface area contributed by atoms with E-state index in [1.165, 1.54) is 43.4 Å². The van der Waals surface area contributed by atoms with Crippen LogP contribution in [0.25, 0.3) is 0 Å². The highest BCUT2D eigenvalue weighted by Gasteiger charge is 2.38. The van der Waals surface area contributed by atoms with E-state index in [-0.39, 0.29) is 12.4 Å². The number of benzene rings is 1. The first-order valence-corrected chi connectivity index (χ1v) is 5.24. The number of nitrogens with one attached hydrogen (secondary N) is 1. The smallest absolute Gasteiger partial charge is 0.0414 e. The second-order valence-electron chi connectivity index (χ2n) is 4.45. The molecule has 1 heterocycles. The van der Waals surface area contributed by atoms with Gasteiger partial charge in [-0.3, -0.25) is 0 Å². The molecule has 14 heavy (non-hydrogen) atoms. The molecule has 1 fully saturated rings. The molecular formula is C12H16ClN. The Labute approximate surface area is 91.3 Å². The lowest BCUT2D eigenvalue weighted by atomic mass is 9.94. The van der Waals surface area contributed by atoms with Crippen molar-refractivity contribution in [2.45, 2.75) is 37.6 Å². The zero-order chi connectivity index (χ0) is 8.73. The lowest BCUT2D eigenvalue weighted by Gasteiger charge is -2.23. The lowest BCUT2D eigenvalue weighted by Crippen LogP contribution is -2.31. The summed E-state index contributed by atoms with van der Waals surface area (Å²) in [5.74, 6) is 0. The van der Waals surface area contributed by atoms with E-state index in [1.807, 2.05) is 0 Å². The zero-order valence-corrected chi connectivity index (χ0v) is 9.07. The molecule has 3 rings (SSSR count). The Kier molecular flexibility index (Phi) is 2.44. The van der Waals surface area contributed by atoms with E-state index in [9.17, 15) is 0 Å². The van der Waals surface area contributed by atoms with Crippen LogP contribution in [0.5, 0.6) is 0 Å². The Morgan fingerprint density at radius 2 is 1.79 bits per heavy atom. The van der Waals surface area contributed by atoms with Crippen molar-refractivity contribution < 1.29 is 0 Å². The second kappa shape index (κ2) is 3.47. The van der Waals surface area contributed by atoms with Crippen LogP contribution in [0.4, 0.5) is 5.69 Å². The van der Waals surface area contributed by atoms with Gasteiger partial charge < -0.3 is 5.32 Å². The molecule has 1 nitrogen and oxygen atoms in total. The molecule has 1 aliphatic heterocycles. The van der Waals surface area contributed by atoms with E-state index in [1.54, 1.807) is 0 Å². The first-order valence-electron chi connectivity index (χ1n) is 5.24. The van der Waals surface area contributed by atoms with Crippen LogP contribution < -0.4 is 5.32 Å². The van der Waals surface area contributed by atoms with Gasteiger partial charge >= 0.3 is 0 Å². The minimum absolute atomic E-state index is 0. The molecule has 0 bridgehead atoms. The van der Waals surface area contributed by atoms with E-state index in [2.05, 4.69) is 29.6 Å².